The lowest BCUT2D eigenvalue weighted by Crippen LogP contribution is -2.11. The molecular formula is C53H33N3. The molecule has 3 heteroatoms. The Balaban J connectivity index is 1.05. The first-order chi connectivity index (χ1) is 27.7. The average molecular weight is 712 g/mol. The molecule has 0 aliphatic carbocycles. The second-order valence-electron chi connectivity index (χ2n) is 14.3. The van der Waals surface area contributed by atoms with Crippen LogP contribution in [0.5, 0.6) is 0 Å². The molecule has 0 saturated heterocycles. The summed E-state index contributed by atoms with van der Waals surface area (Å²) in [5.74, 6) is 1.41. The maximum Gasteiger partial charge on any atom is 0.162 e. The van der Waals surface area contributed by atoms with Crippen LogP contribution in [0.2, 0.25) is 0 Å². The van der Waals surface area contributed by atoms with Crippen molar-refractivity contribution in [3.05, 3.63) is 217 Å². The van der Waals surface area contributed by atoms with Gasteiger partial charge in [0.1, 0.15) is 11.5 Å². The monoisotopic (exact) mass is 711 g/mol. The van der Waals surface area contributed by atoms with Crippen LogP contribution in [-0.2, 0) is 0 Å². The number of hydrogen-bond donors (Lipinski definition) is 0. The van der Waals surface area contributed by atoms with Gasteiger partial charge in [0.05, 0.1) is 11.0 Å². The Morgan fingerprint density at radius 1 is 0.375 bits per heavy atom. The lowest BCUT2D eigenvalue weighted by Gasteiger charge is -2.11. The number of benzene rings is 9. The van der Waals surface area contributed by atoms with Crippen LogP contribution in [0.25, 0.3) is 82.1 Å². The van der Waals surface area contributed by atoms with Crippen molar-refractivity contribution in [2.75, 3.05) is 0 Å². The summed E-state index contributed by atoms with van der Waals surface area (Å²) in [5, 5.41) is 9.77. The molecule has 11 rings (SSSR count). The highest BCUT2D eigenvalue weighted by Crippen LogP contribution is 2.38. The van der Waals surface area contributed by atoms with E-state index >= 15 is 0 Å². The number of allylic oxidation sites excluding steroid dienone is 1. The normalized spacial score (nSPS) is 13.0. The molecule has 1 aromatic heterocycles. The number of para-hydroxylation sites is 1. The molecule has 0 saturated carbocycles. The molecule has 0 spiro atoms. The summed E-state index contributed by atoms with van der Waals surface area (Å²) in [4.78, 5) is 10.3. The Morgan fingerprint density at radius 3 is 1.86 bits per heavy atom. The Labute approximate surface area is 324 Å². The molecule has 0 unspecified atom stereocenters. The van der Waals surface area contributed by atoms with Gasteiger partial charge in [0.25, 0.3) is 0 Å². The lowest BCUT2D eigenvalue weighted by molar-refractivity contribution is 1.28. The van der Waals surface area contributed by atoms with Gasteiger partial charge in [0.15, 0.2) is 5.84 Å². The second kappa shape index (κ2) is 13.1. The third kappa shape index (κ3) is 5.38. The molecule has 260 valence electrons. The van der Waals surface area contributed by atoms with E-state index in [-0.39, 0.29) is 0 Å². The molecule has 1 aliphatic heterocycles. The molecule has 2 heterocycles. The van der Waals surface area contributed by atoms with Crippen molar-refractivity contribution in [2.45, 2.75) is 0 Å². The predicted molar refractivity (Wildman–Crippen MR) is 237 cm³/mol. The van der Waals surface area contributed by atoms with Crippen LogP contribution in [0.4, 0.5) is 0 Å². The number of rotatable bonds is 4. The van der Waals surface area contributed by atoms with Crippen LogP contribution in [0.1, 0.15) is 11.1 Å². The number of fused-ring (bicyclic) bond motifs is 7. The first-order valence-electron chi connectivity index (χ1n) is 19.0. The summed E-state index contributed by atoms with van der Waals surface area (Å²) in [7, 11) is 0. The summed E-state index contributed by atoms with van der Waals surface area (Å²) in [6.07, 6.45) is 1.98. The Kier molecular flexibility index (Phi) is 7.45. The highest BCUT2D eigenvalue weighted by Gasteiger charge is 2.19. The van der Waals surface area contributed by atoms with E-state index in [9.17, 15) is 0 Å². The number of nitrogens with zero attached hydrogens (tertiary/aromatic N) is 3. The highest BCUT2D eigenvalue weighted by atomic mass is 15.1. The Morgan fingerprint density at radius 2 is 1.02 bits per heavy atom. The predicted octanol–water partition coefficient (Wildman–Crippen LogP) is 13.5. The molecule has 0 N–H and O–H groups in total. The van der Waals surface area contributed by atoms with Crippen LogP contribution < -0.4 is 0 Å². The van der Waals surface area contributed by atoms with Crippen LogP contribution >= 0.6 is 0 Å². The molecule has 0 radical (unpaired) electrons. The van der Waals surface area contributed by atoms with Gasteiger partial charge >= 0.3 is 0 Å². The Bertz CT molecular complexity index is 3320. The van der Waals surface area contributed by atoms with Gasteiger partial charge in [0.2, 0.25) is 0 Å². The molecule has 0 amide bonds. The minimum Gasteiger partial charge on any atom is -0.293 e. The fraction of sp³-hybridized carbons (Fsp3) is 0. The molecule has 0 bridgehead atoms. The van der Waals surface area contributed by atoms with Crippen molar-refractivity contribution in [3.63, 3.8) is 0 Å². The number of aromatic nitrogens is 1. The average Bonchev–Trinajstić information content (AvgIpc) is 3.45. The topological polar surface area (TPSA) is 29.6 Å². The molecule has 10 aromatic rings. The zero-order chi connectivity index (χ0) is 37.0. The van der Waals surface area contributed by atoms with Crippen molar-refractivity contribution in [1.29, 1.82) is 0 Å². The standard InChI is InChI=1S/C53H33N3/c1-3-13-37(14-4-1)48-29-31-51(55-53(54-48)38-15-5-2-6-16-38)56-49-21-10-9-19-47(49)52-46-28-26-40(32-42(46)27-30-50(52)56)39-24-22-35-23-25-41(34-43(35)33-39)45-20-11-17-36-12-7-8-18-44(36)45/h1-28,30-34H. The largest absolute Gasteiger partial charge is 0.293 e. The van der Waals surface area contributed by atoms with E-state index in [1.807, 2.05) is 42.5 Å². The fourth-order valence-corrected chi connectivity index (χ4v) is 8.31. The van der Waals surface area contributed by atoms with E-state index in [4.69, 9.17) is 9.98 Å². The van der Waals surface area contributed by atoms with Gasteiger partial charge in [-0.15, -0.1) is 0 Å². The lowest BCUT2D eigenvalue weighted by atomic mass is 9.94. The van der Waals surface area contributed by atoms with Crippen LogP contribution in [0.3, 0.4) is 0 Å². The third-order valence-corrected chi connectivity index (χ3v) is 11.0. The minimum atomic E-state index is 0.650. The van der Waals surface area contributed by atoms with Crippen molar-refractivity contribution in [3.8, 4) is 22.3 Å². The van der Waals surface area contributed by atoms with E-state index in [0.29, 0.717) is 5.84 Å². The van der Waals surface area contributed by atoms with Gasteiger partial charge in [-0.1, -0.05) is 170 Å². The highest BCUT2D eigenvalue weighted by molar-refractivity contribution is 6.26. The summed E-state index contributed by atoms with van der Waals surface area (Å²) in [5.41, 5.74) is 13.3. The maximum absolute atomic E-state index is 5.25. The van der Waals surface area contributed by atoms with Crippen molar-refractivity contribution in [2.24, 2.45) is 9.98 Å². The van der Waals surface area contributed by atoms with Crippen LogP contribution in [0.15, 0.2) is 216 Å². The van der Waals surface area contributed by atoms with E-state index in [1.165, 1.54) is 65.3 Å². The first kappa shape index (κ1) is 31.9. The van der Waals surface area contributed by atoms with Gasteiger partial charge < -0.3 is 0 Å². The number of aliphatic imine (C=N–C) groups is 2. The number of amidine groups is 1. The first-order valence-corrected chi connectivity index (χ1v) is 19.0. The zero-order valence-electron chi connectivity index (χ0n) is 30.4. The van der Waals surface area contributed by atoms with Crippen molar-refractivity contribution < 1.29 is 0 Å². The SMILES string of the molecule is C1=CC(n2c3ccccc3c3c4ccc(-c5ccc6ccc(-c7cccc8ccccc78)cc6c5)cc4ccc32)=NC(c2ccccc2)=NC=1c1ccccc1. The third-order valence-electron chi connectivity index (χ3n) is 11.0. The molecule has 0 atom stereocenters. The number of hydrogen-bond acceptors (Lipinski definition) is 2. The minimum absolute atomic E-state index is 0.650. The zero-order valence-corrected chi connectivity index (χ0v) is 30.4. The van der Waals surface area contributed by atoms with Gasteiger partial charge in [-0.2, -0.15) is 0 Å². The summed E-state index contributed by atoms with van der Waals surface area (Å²) < 4.78 is 2.26. The van der Waals surface area contributed by atoms with Gasteiger partial charge in [0, 0.05) is 28.0 Å². The van der Waals surface area contributed by atoms with Gasteiger partial charge in [-0.3, -0.25) is 4.57 Å². The van der Waals surface area contributed by atoms with E-state index < -0.39 is 0 Å². The molecule has 56 heavy (non-hydrogen) atoms. The van der Waals surface area contributed by atoms with E-state index in [2.05, 4.69) is 168 Å². The van der Waals surface area contributed by atoms with E-state index in [1.54, 1.807) is 0 Å². The second-order valence-corrected chi connectivity index (χ2v) is 14.3. The smallest absolute Gasteiger partial charge is 0.162 e. The molecule has 1 aliphatic rings. The summed E-state index contributed by atoms with van der Waals surface area (Å²) in [6, 6.07) is 69.2. The molecule has 0 fully saturated rings. The van der Waals surface area contributed by atoms with Crippen LogP contribution in [0, 0.1) is 0 Å². The Hall–Kier alpha value is -7.58. The molecule has 9 aromatic carbocycles. The quantitative estimate of drug-likeness (QED) is 0.163. The van der Waals surface area contributed by atoms with Crippen LogP contribution in [-0.4, -0.2) is 16.2 Å². The van der Waals surface area contributed by atoms with Crippen molar-refractivity contribution in [1.82, 2.24) is 4.57 Å². The van der Waals surface area contributed by atoms with Gasteiger partial charge in [-0.05, 0) is 84.9 Å². The van der Waals surface area contributed by atoms with Crippen molar-refractivity contribution >= 4 is 71.5 Å². The van der Waals surface area contributed by atoms with E-state index in [0.717, 1.165) is 33.7 Å². The van der Waals surface area contributed by atoms with Gasteiger partial charge in [-0.25, -0.2) is 9.98 Å². The fourth-order valence-electron chi connectivity index (χ4n) is 8.31. The molecule has 3 nitrogen and oxygen atoms in total. The molecular weight excluding hydrogens is 679 g/mol. The summed E-state index contributed by atoms with van der Waals surface area (Å²) in [6.45, 7) is 0. The summed E-state index contributed by atoms with van der Waals surface area (Å²) >= 11 is 0. The maximum atomic E-state index is 5.25.